The van der Waals surface area contributed by atoms with Gasteiger partial charge in [0.2, 0.25) is 5.90 Å². The predicted octanol–water partition coefficient (Wildman–Crippen LogP) is 3.60. The summed E-state index contributed by atoms with van der Waals surface area (Å²) in [5.41, 5.74) is 0.783. The van der Waals surface area contributed by atoms with Crippen molar-refractivity contribution in [3.63, 3.8) is 0 Å². The molecule has 0 saturated carbocycles. The average Bonchev–Trinajstić information content (AvgIpc) is 2.97. The van der Waals surface area contributed by atoms with Crippen molar-refractivity contribution in [3.8, 4) is 5.75 Å². The van der Waals surface area contributed by atoms with Crippen LogP contribution in [0.15, 0.2) is 53.2 Å². The number of esters is 1. The van der Waals surface area contributed by atoms with Crippen molar-refractivity contribution in [1.82, 2.24) is 0 Å². The Kier molecular flexibility index (Phi) is 4.49. The summed E-state index contributed by atoms with van der Waals surface area (Å²) in [6.45, 7) is 0. The summed E-state index contributed by atoms with van der Waals surface area (Å²) in [4.78, 5) is 26.5. The van der Waals surface area contributed by atoms with Crippen molar-refractivity contribution in [3.05, 3.63) is 74.4 Å². The molecule has 3 rings (SSSR count). The van der Waals surface area contributed by atoms with Gasteiger partial charge < -0.3 is 9.47 Å². The van der Waals surface area contributed by atoms with Crippen LogP contribution < -0.4 is 4.74 Å². The molecule has 1 heterocycles. The lowest BCUT2D eigenvalue weighted by atomic mass is 10.1. The average molecular weight is 359 g/mol. The summed E-state index contributed by atoms with van der Waals surface area (Å²) in [5, 5.41) is 11.0. The van der Waals surface area contributed by atoms with Gasteiger partial charge in [-0.25, -0.2) is 9.79 Å². The molecule has 0 N–H and O–H groups in total. The zero-order valence-corrected chi connectivity index (χ0v) is 13.7. The second-order valence-electron chi connectivity index (χ2n) is 5.04. The molecule has 0 aromatic heterocycles. The molecule has 0 fully saturated rings. The number of halogens is 1. The van der Waals surface area contributed by atoms with Gasteiger partial charge >= 0.3 is 5.97 Å². The van der Waals surface area contributed by atoms with Gasteiger partial charge in [0.25, 0.3) is 5.69 Å². The minimum absolute atomic E-state index is 0.0155. The molecule has 0 aliphatic carbocycles. The van der Waals surface area contributed by atoms with Crippen LogP contribution in [0.25, 0.3) is 6.08 Å². The van der Waals surface area contributed by atoms with Gasteiger partial charge in [0, 0.05) is 11.6 Å². The van der Waals surface area contributed by atoms with Crippen molar-refractivity contribution >= 4 is 35.2 Å². The summed E-state index contributed by atoms with van der Waals surface area (Å²) in [6, 6.07) is 11.1. The SMILES string of the molecule is COc1cccc(C2=N/C(=C\c3ccc(Cl)c([N+](=O)[O-])c3)C(=O)O2)c1. The number of hydrogen-bond donors (Lipinski definition) is 0. The van der Waals surface area contributed by atoms with E-state index in [-0.39, 0.29) is 22.3 Å². The van der Waals surface area contributed by atoms with Crippen LogP contribution in [0.4, 0.5) is 5.69 Å². The monoisotopic (exact) mass is 358 g/mol. The highest BCUT2D eigenvalue weighted by molar-refractivity contribution is 6.32. The molecule has 2 aromatic carbocycles. The van der Waals surface area contributed by atoms with Crippen LogP contribution >= 0.6 is 11.6 Å². The first-order valence-electron chi connectivity index (χ1n) is 7.09. The number of nitro benzene ring substituents is 1. The first-order chi connectivity index (χ1) is 12.0. The fraction of sp³-hybridized carbons (Fsp3) is 0.0588. The molecule has 1 aliphatic heterocycles. The molecule has 25 heavy (non-hydrogen) atoms. The van der Waals surface area contributed by atoms with Crippen LogP contribution in [0.3, 0.4) is 0 Å². The zero-order chi connectivity index (χ0) is 18.0. The Morgan fingerprint density at radius 1 is 1.28 bits per heavy atom. The summed E-state index contributed by atoms with van der Waals surface area (Å²) >= 11 is 5.77. The van der Waals surface area contributed by atoms with Gasteiger partial charge in [-0.3, -0.25) is 10.1 Å². The first-order valence-corrected chi connectivity index (χ1v) is 7.46. The lowest BCUT2D eigenvalue weighted by Gasteiger charge is -2.02. The van der Waals surface area contributed by atoms with Gasteiger partial charge in [-0.1, -0.05) is 23.7 Å². The lowest BCUT2D eigenvalue weighted by Crippen LogP contribution is -2.05. The Labute approximate surface area is 147 Å². The van der Waals surface area contributed by atoms with E-state index in [1.165, 1.54) is 25.3 Å². The number of nitro groups is 1. The molecule has 0 radical (unpaired) electrons. The van der Waals surface area contributed by atoms with Crippen LogP contribution in [-0.2, 0) is 9.53 Å². The molecule has 126 valence electrons. The molecule has 0 saturated heterocycles. The van der Waals surface area contributed by atoms with E-state index in [0.29, 0.717) is 16.9 Å². The quantitative estimate of drug-likeness (QED) is 0.360. The molecule has 0 bridgehead atoms. The number of carbonyl (C=O) groups is 1. The molecule has 0 spiro atoms. The van der Waals surface area contributed by atoms with Crippen LogP contribution in [0.2, 0.25) is 5.02 Å². The Balaban J connectivity index is 1.96. The van der Waals surface area contributed by atoms with E-state index in [0.717, 1.165) is 0 Å². The topological polar surface area (TPSA) is 91.0 Å². The molecular formula is C17H11ClN2O5. The Morgan fingerprint density at radius 3 is 2.80 bits per heavy atom. The van der Waals surface area contributed by atoms with Crippen LogP contribution in [0.5, 0.6) is 5.75 Å². The second kappa shape index (κ2) is 6.74. The number of methoxy groups -OCH3 is 1. The molecule has 0 atom stereocenters. The van der Waals surface area contributed by atoms with E-state index in [1.807, 2.05) is 0 Å². The predicted molar refractivity (Wildman–Crippen MR) is 91.7 cm³/mol. The highest BCUT2D eigenvalue weighted by Crippen LogP contribution is 2.27. The molecular weight excluding hydrogens is 348 g/mol. The summed E-state index contributed by atoms with van der Waals surface area (Å²) in [5.74, 6) is 0.0936. The highest BCUT2D eigenvalue weighted by atomic mass is 35.5. The van der Waals surface area contributed by atoms with Gasteiger partial charge in [-0.15, -0.1) is 0 Å². The molecule has 2 aromatic rings. The van der Waals surface area contributed by atoms with Gasteiger partial charge in [-0.2, -0.15) is 0 Å². The van der Waals surface area contributed by atoms with E-state index in [2.05, 4.69) is 4.99 Å². The van der Waals surface area contributed by atoms with Gasteiger partial charge in [-0.05, 0) is 35.9 Å². The third-order valence-corrected chi connectivity index (χ3v) is 3.73. The fourth-order valence-corrected chi connectivity index (χ4v) is 2.39. The molecule has 0 unspecified atom stereocenters. The van der Waals surface area contributed by atoms with E-state index in [1.54, 1.807) is 30.3 Å². The number of hydrogen-bond acceptors (Lipinski definition) is 6. The highest BCUT2D eigenvalue weighted by Gasteiger charge is 2.24. The third kappa shape index (κ3) is 3.51. The van der Waals surface area contributed by atoms with Gasteiger partial charge in [0.15, 0.2) is 5.70 Å². The third-order valence-electron chi connectivity index (χ3n) is 3.41. The van der Waals surface area contributed by atoms with E-state index < -0.39 is 10.9 Å². The molecule has 0 amide bonds. The van der Waals surface area contributed by atoms with Crippen LogP contribution in [-0.4, -0.2) is 23.9 Å². The van der Waals surface area contributed by atoms with Gasteiger partial charge in [0.1, 0.15) is 10.8 Å². The van der Waals surface area contributed by atoms with E-state index >= 15 is 0 Å². The number of nitrogens with zero attached hydrogens (tertiary/aromatic N) is 2. The number of ether oxygens (including phenoxy) is 2. The number of benzene rings is 2. The summed E-state index contributed by atoms with van der Waals surface area (Å²) < 4.78 is 10.3. The standard InChI is InChI=1S/C17H11ClN2O5/c1-24-12-4-2-3-11(9-12)16-19-14(17(21)25-16)7-10-5-6-13(18)15(8-10)20(22)23/h2-9H,1H3/b14-7-. The Hall–Kier alpha value is -3.19. The lowest BCUT2D eigenvalue weighted by molar-refractivity contribution is -0.384. The first kappa shape index (κ1) is 16.7. The fourth-order valence-electron chi connectivity index (χ4n) is 2.21. The summed E-state index contributed by atoms with van der Waals surface area (Å²) in [6.07, 6.45) is 1.40. The minimum atomic E-state index is -0.643. The molecule has 8 heteroatoms. The minimum Gasteiger partial charge on any atom is -0.497 e. The number of rotatable bonds is 4. The van der Waals surface area contributed by atoms with Crippen LogP contribution in [0, 0.1) is 10.1 Å². The molecule has 7 nitrogen and oxygen atoms in total. The molecule has 1 aliphatic rings. The Morgan fingerprint density at radius 2 is 2.08 bits per heavy atom. The summed E-state index contributed by atoms with van der Waals surface area (Å²) in [7, 11) is 1.53. The van der Waals surface area contributed by atoms with Gasteiger partial charge in [0.05, 0.1) is 12.0 Å². The number of cyclic esters (lactones) is 1. The van der Waals surface area contributed by atoms with Crippen molar-refractivity contribution in [2.45, 2.75) is 0 Å². The van der Waals surface area contributed by atoms with Crippen molar-refractivity contribution in [2.24, 2.45) is 4.99 Å². The zero-order valence-electron chi connectivity index (χ0n) is 12.9. The maximum absolute atomic E-state index is 12.0. The number of aliphatic imine (C=N–C) groups is 1. The largest absolute Gasteiger partial charge is 0.497 e. The van der Waals surface area contributed by atoms with Crippen molar-refractivity contribution < 1.29 is 19.2 Å². The van der Waals surface area contributed by atoms with E-state index in [4.69, 9.17) is 21.1 Å². The number of carbonyl (C=O) groups excluding carboxylic acids is 1. The van der Waals surface area contributed by atoms with E-state index in [9.17, 15) is 14.9 Å². The normalized spacial score (nSPS) is 15.0. The smallest absolute Gasteiger partial charge is 0.363 e. The van der Waals surface area contributed by atoms with Crippen LogP contribution in [0.1, 0.15) is 11.1 Å². The second-order valence-corrected chi connectivity index (χ2v) is 5.44. The van der Waals surface area contributed by atoms with Crippen molar-refractivity contribution in [1.29, 1.82) is 0 Å². The maximum Gasteiger partial charge on any atom is 0.363 e. The maximum atomic E-state index is 12.0. The van der Waals surface area contributed by atoms with Crippen molar-refractivity contribution in [2.75, 3.05) is 7.11 Å². The Bertz CT molecular complexity index is 936.